The van der Waals surface area contributed by atoms with Crippen LogP contribution in [0, 0.1) is 13.8 Å². The van der Waals surface area contributed by atoms with Gasteiger partial charge in [0.25, 0.3) is 5.91 Å². The van der Waals surface area contributed by atoms with Gasteiger partial charge in [-0.3, -0.25) is 9.89 Å². The first-order valence-electron chi connectivity index (χ1n) is 6.58. The summed E-state index contributed by atoms with van der Waals surface area (Å²) in [5, 5.41) is 9.70. The van der Waals surface area contributed by atoms with E-state index in [4.69, 9.17) is 5.73 Å². The number of anilines is 1. The van der Waals surface area contributed by atoms with Gasteiger partial charge in [0.05, 0.1) is 17.9 Å². The van der Waals surface area contributed by atoms with Crippen molar-refractivity contribution >= 4 is 22.9 Å². The highest BCUT2D eigenvalue weighted by Gasteiger charge is 2.18. The average molecular weight is 292 g/mol. The van der Waals surface area contributed by atoms with Crippen molar-refractivity contribution in [2.24, 2.45) is 0 Å². The van der Waals surface area contributed by atoms with Crippen molar-refractivity contribution in [3.05, 3.63) is 32.8 Å². The van der Waals surface area contributed by atoms with Crippen molar-refractivity contribution in [3.63, 3.8) is 0 Å². The second-order valence-electron chi connectivity index (χ2n) is 5.19. The number of thiophene rings is 1. The van der Waals surface area contributed by atoms with Gasteiger partial charge in [0.15, 0.2) is 5.69 Å². The Kier molecular flexibility index (Phi) is 4.13. The number of H-pyrrole nitrogens is 1. The Bertz CT molecular complexity index is 608. The minimum Gasteiger partial charge on any atom is -0.395 e. The Morgan fingerprint density at radius 1 is 1.50 bits per heavy atom. The Labute approximate surface area is 122 Å². The maximum Gasteiger partial charge on any atom is 0.274 e. The van der Waals surface area contributed by atoms with Crippen LogP contribution in [-0.4, -0.2) is 16.1 Å². The van der Waals surface area contributed by atoms with Crippen LogP contribution < -0.4 is 11.1 Å². The minimum absolute atomic E-state index is 0.214. The van der Waals surface area contributed by atoms with Crippen LogP contribution >= 0.6 is 11.3 Å². The molecule has 0 bridgehead atoms. The zero-order chi connectivity index (χ0) is 14.9. The fourth-order valence-corrected chi connectivity index (χ4v) is 2.96. The number of amides is 1. The molecule has 0 fully saturated rings. The molecule has 0 aliphatic rings. The van der Waals surface area contributed by atoms with Gasteiger partial charge in [0.1, 0.15) is 0 Å². The molecule has 2 rings (SSSR count). The summed E-state index contributed by atoms with van der Waals surface area (Å²) in [5.74, 6) is -0.0269. The number of nitrogens with two attached hydrogens (primary N) is 1. The summed E-state index contributed by atoms with van der Waals surface area (Å²) >= 11 is 1.69. The third-order valence-electron chi connectivity index (χ3n) is 3.27. The van der Waals surface area contributed by atoms with E-state index in [1.165, 1.54) is 10.4 Å². The van der Waals surface area contributed by atoms with E-state index < -0.39 is 0 Å². The standard InChI is InChI=1S/C14H20N4OS/c1-7(2)12-11(15)13(18-17-12)14(19)16-6-10-5-8(3)9(4)20-10/h5,7H,6,15H2,1-4H3,(H,16,19)(H,17,18). The number of hydrogen-bond donors (Lipinski definition) is 3. The molecule has 1 amide bonds. The van der Waals surface area contributed by atoms with Crippen LogP contribution in [0.1, 0.15) is 51.3 Å². The number of rotatable bonds is 4. The van der Waals surface area contributed by atoms with E-state index in [0.29, 0.717) is 12.2 Å². The highest BCUT2D eigenvalue weighted by Crippen LogP contribution is 2.23. The molecular formula is C14H20N4OS. The molecular weight excluding hydrogens is 272 g/mol. The van der Waals surface area contributed by atoms with Crippen LogP contribution in [-0.2, 0) is 6.54 Å². The van der Waals surface area contributed by atoms with Gasteiger partial charge in [-0.15, -0.1) is 11.3 Å². The van der Waals surface area contributed by atoms with Crippen LogP contribution in [0.4, 0.5) is 5.69 Å². The molecule has 0 unspecified atom stereocenters. The fourth-order valence-electron chi connectivity index (χ4n) is 1.97. The SMILES string of the molecule is Cc1cc(CNC(=O)c2n[nH]c(C(C)C)c2N)sc1C. The summed E-state index contributed by atoms with van der Waals surface area (Å²) in [6.07, 6.45) is 0. The molecule has 4 N–H and O–H groups in total. The van der Waals surface area contributed by atoms with E-state index in [0.717, 1.165) is 10.6 Å². The van der Waals surface area contributed by atoms with Crippen molar-refractivity contribution in [3.8, 4) is 0 Å². The van der Waals surface area contributed by atoms with Gasteiger partial charge in [-0.2, -0.15) is 5.10 Å². The second kappa shape index (κ2) is 5.66. The summed E-state index contributed by atoms with van der Waals surface area (Å²) in [4.78, 5) is 14.5. The topological polar surface area (TPSA) is 83.8 Å². The molecule has 0 radical (unpaired) electrons. The molecule has 6 heteroatoms. The van der Waals surface area contributed by atoms with Gasteiger partial charge in [-0.1, -0.05) is 13.8 Å². The lowest BCUT2D eigenvalue weighted by atomic mass is 10.1. The maximum absolute atomic E-state index is 12.1. The van der Waals surface area contributed by atoms with Gasteiger partial charge < -0.3 is 11.1 Å². The normalized spacial score (nSPS) is 11.1. The number of aryl methyl sites for hydroxylation is 2. The maximum atomic E-state index is 12.1. The Morgan fingerprint density at radius 2 is 2.20 bits per heavy atom. The number of hydrogen-bond acceptors (Lipinski definition) is 4. The first-order valence-corrected chi connectivity index (χ1v) is 7.39. The lowest BCUT2D eigenvalue weighted by Crippen LogP contribution is -2.23. The largest absolute Gasteiger partial charge is 0.395 e. The molecule has 2 aromatic rings. The molecule has 0 aromatic carbocycles. The second-order valence-corrected chi connectivity index (χ2v) is 6.53. The molecule has 0 atom stereocenters. The van der Waals surface area contributed by atoms with E-state index in [1.54, 1.807) is 11.3 Å². The monoisotopic (exact) mass is 292 g/mol. The zero-order valence-electron chi connectivity index (χ0n) is 12.2. The lowest BCUT2D eigenvalue weighted by Gasteiger charge is -2.04. The molecule has 2 heterocycles. The number of nitrogen functional groups attached to an aromatic ring is 1. The fraction of sp³-hybridized carbons (Fsp3) is 0.429. The number of aromatic nitrogens is 2. The molecule has 2 aromatic heterocycles. The lowest BCUT2D eigenvalue weighted by molar-refractivity contribution is 0.0947. The van der Waals surface area contributed by atoms with E-state index in [1.807, 2.05) is 13.8 Å². The Hall–Kier alpha value is -1.82. The molecule has 20 heavy (non-hydrogen) atoms. The third kappa shape index (κ3) is 2.85. The van der Waals surface area contributed by atoms with Crippen molar-refractivity contribution in [1.82, 2.24) is 15.5 Å². The summed E-state index contributed by atoms with van der Waals surface area (Å²) in [6.45, 7) is 8.65. The predicted octanol–water partition coefficient (Wildman–Crippen LogP) is 2.72. The van der Waals surface area contributed by atoms with Crippen LogP contribution in [0.15, 0.2) is 6.07 Å². The highest BCUT2D eigenvalue weighted by molar-refractivity contribution is 7.12. The molecule has 108 valence electrons. The highest BCUT2D eigenvalue weighted by atomic mass is 32.1. The van der Waals surface area contributed by atoms with Gasteiger partial charge >= 0.3 is 0 Å². The zero-order valence-corrected chi connectivity index (χ0v) is 13.0. The third-order valence-corrected chi connectivity index (χ3v) is 4.42. The molecule has 0 aliphatic heterocycles. The van der Waals surface area contributed by atoms with E-state index in [2.05, 4.69) is 35.4 Å². The van der Waals surface area contributed by atoms with Crippen LogP contribution in [0.25, 0.3) is 0 Å². The Morgan fingerprint density at radius 3 is 2.70 bits per heavy atom. The van der Waals surface area contributed by atoms with Crippen LogP contribution in [0.2, 0.25) is 0 Å². The van der Waals surface area contributed by atoms with Crippen LogP contribution in [0.5, 0.6) is 0 Å². The van der Waals surface area contributed by atoms with Gasteiger partial charge in [-0.05, 0) is 31.4 Å². The van der Waals surface area contributed by atoms with Crippen molar-refractivity contribution < 1.29 is 4.79 Å². The molecule has 0 saturated heterocycles. The van der Waals surface area contributed by atoms with E-state index >= 15 is 0 Å². The summed E-state index contributed by atoms with van der Waals surface area (Å²) in [6, 6.07) is 2.09. The first kappa shape index (κ1) is 14.6. The summed E-state index contributed by atoms with van der Waals surface area (Å²) < 4.78 is 0. The molecule has 0 aliphatic carbocycles. The van der Waals surface area contributed by atoms with Crippen molar-refractivity contribution in [1.29, 1.82) is 0 Å². The van der Waals surface area contributed by atoms with Crippen LogP contribution in [0.3, 0.4) is 0 Å². The van der Waals surface area contributed by atoms with Gasteiger partial charge in [0, 0.05) is 9.75 Å². The number of nitrogens with one attached hydrogen (secondary N) is 2. The van der Waals surface area contributed by atoms with E-state index in [9.17, 15) is 4.79 Å². The van der Waals surface area contributed by atoms with Gasteiger partial charge in [-0.25, -0.2) is 0 Å². The number of aromatic amines is 1. The van der Waals surface area contributed by atoms with Gasteiger partial charge in [0.2, 0.25) is 0 Å². The Balaban J connectivity index is 2.05. The number of carbonyl (C=O) groups excluding carboxylic acids is 1. The van der Waals surface area contributed by atoms with Crippen molar-refractivity contribution in [2.75, 3.05) is 5.73 Å². The predicted molar refractivity (Wildman–Crippen MR) is 82.1 cm³/mol. The van der Waals surface area contributed by atoms with E-state index in [-0.39, 0.29) is 17.5 Å². The first-order chi connectivity index (χ1) is 9.40. The molecule has 0 spiro atoms. The summed E-state index contributed by atoms with van der Waals surface area (Å²) in [5.41, 5.74) is 8.72. The molecule has 0 saturated carbocycles. The number of carbonyl (C=O) groups is 1. The smallest absolute Gasteiger partial charge is 0.274 e. The van der Waals surface area contributed by atoms with Crippen molar-refractivity contribution in [2.45, 2.75) is 40.2 Å². The minimum atomic E-state index is -0.241. The number of nitrogens with zero attached hydrogens (tertiary/aromatic N) is 1. The molecule has 5 nitrogen and oxygen atoms in total. The summed E-state index contributed by atoms with van der Waals surface area (Å²) in [7, 11) is 0. The quantitative estimate of drug-likeness (QED) is 0.810. The average Bonchev–Trinajstić information content (AvgIpc) is 2.90.